The fourth-order valence-corrected chi connectivity index (χ4v) is 6.91. The lowest BCUT2D eigenvalue weighted by atomic mass is 9.49. The smallest absolute Gasteiger partial charge is 0.329 e. The average molecular weight is 462 g/mol. The fourth-order valence-electron chi connectivity index (χ4n) is 6.80. The van der Waals surface area contributed by atoms with E-state index < -0.39 is 36.0 Å². The Balaban J connectivity index is 1.22. The number of nitrogens with zero attached hydrogens (tertiary/aromatic N) is 2. The van der Waals surface area contributed by atoms with Gasteiger partial charge in [-0.05, 0) is 68.4 Å². The van der Waals surface area contributed by atoms with Gasteiger partial charge in [-0.2, -0.15) is 0 Å². The van der Waals surface area contributed by atoms with Crippen molar-refractivity contribution >= 4 is 35.2 Å². The number of amides is 2. The zero-order valence-electron chi connectivity index (χ0n) is 17.8. The molecule has 4 aliphatic carbocycles. The topological polar surface area (TPSA) is 109 Å². The maximum atomic E-state index is 13.7. The summed E-state index contributed by atoms with van der Waals surface area (Å²) >= 11 is 5.78. The molecule has 2 N–H and O–H groups in total. The number of hydrogen-bond acceptors (Lipinski definition) is 6. The van der Waals surface area contributed by atoms with E-state index in [9.17, 15) is 19.5 Å². The van der Waals surface area contributed by atoms with Gasteiger partial charge in [-0.1, -0.05) is 11.6 Å². The minimum absolute atomic E-state index is 0.00934. The molecule has 5 fully saturated rings. The number of rotatable bonds is 5. The molecule has 0 spiro atoms. The van der Waals surface area contributed by atoms with E-state index >= 15 is 0 Å². The second-order valence-corrected chi connectivity index (χ2v) is 10.5. The van der Waals surface area contributed by atoms with E-state index in [0.717, 1.165) is 19.3 Å². The third-order valence-electron chi connectivity index (χ3n) is 7.64. The number of aromatic nitrogens is 1. The van der Waals surface area contributed by atoms with Crippen molar-refractivity contribution in [2.75, 3.05) is 18.5 Å². The number of aliphatic hydroxyl groups excluding tert-OH is 1. The lowest BCUT2D eigenvalue weighted by molar-refractivity contribution is -0.166. The van der Waals surface area contributed by atoms with Gasteiger partial charge in [0.2, 0.25) is 5.91 Å². The minimum atomic E-state index is -0.855. The summed E-state index contributed by atoms with van der Waals surface area (Å²) < 4.78 is 5.22. The molecule has 2 heterocycles. The number of likely N-dealkylation sites (tertiary alicyclic amines) is 1. The maximum Gasteiger partial charge on any atom is 0.329 e. The summed E-state index contributed by atoms with van der Waals surface area (Å²) in [7, 11) is 0. The zero-order valence-corrected chi connectivity index (χ0v) is 18.6. The van der Waals surface area contributed by atoms with Crippen molar-refractivity contribution in [3.63, 3.8) is 0 Å². The van der Waals surface area contributed by atoms with Crippen molar-refractivity contribution in [3.8, 4) is 0 Å². The second kappa shape index (κ2) is 8.30. The molecule has 1 aromatic rings. The molecular formula is C23H28ClN3O5. The van der Waals surface area contributed by atoms with E-state index in [-0.39, 0.29) is 18.9 Å². The van der Waals surface area contributed by atoms with Crippen LogP contribution >= 0.6 is 11.6 Å². The average Bonchev–Trinajstić information content (AvgIpc) is 3.14. The monoisotopic (exact) mass is 461 g/mol. The molecule has 0 radical (unpaired) electrons. The fraction of sp³-hybridized carbons (Fsp3) is 0.652. The quantitative estimate of drug-likeness (QED) is 0.652. The van der Waals surface area contributed by atoms with Gasteiger partial charge in [0.05, 0.1) is 16.5 Å². The molecule has 2 atom stereocenters. The van der Waals surface area contributed by atoms with Crippen molar-refractivity contribution in [3.05, 3.63) is 23.4 Å². The highest BCUT2D eigenvalue weighted by Gasteiger charge is 2.57. The summed E-state index contributed by atoms with van der Waals surface area (Å²) in [6.45, 7) is -0.351. The van der Waals surface area contributed by atoms with Crippen LogP contribution in [0, 0.1) is 23.2 Å². The first-order valence-corrected chi connectivity index (χ1v) is 11.8. The first-order valence-electron chi connectivity index (χ1n) is 11.4. The van der Waals surface area contributed by atoms with E-state index in [2.05, 4.69) is 10.3 Å². The normalized spacial score (nSPS) is 35.1. The molecule has 6 rings (SSSR count). The molecule has 172 valence electrons. The number of β-amino-alcohol motifs (C(OH)–C–C–N with tert-alkyl or cyclic N) is 1. The number of ether oxygens (including phenoxy) is 1. The van der Waals surface area contributed by atoms with Crippen LogP contribution in [0.1, 0.15) is 44.9 Å². The highest BCUT2D eigenvalue weighted by atomic mass is 35.5. The molecule has 5 aliphatic rings. The SMILES string of the molecule is O=C(COC(=O)[C@@H]1CC(O)CN1C(=O)C12CC3CC(CC(C3)C1)C2)Nc1ccc(Cl)cn1. The molecule has 32 heavy (non-hydrogen) atoms. The number of carbonyl (C=O) groups excluding carboxylic acids is 3. The van der Waals surface area contributed by atoms with Gasteiger partial charge >= 0.3 is 5.97 Å². The van der Waals surface area contributed by atoms with Crippen LogP contribution in [0.4, 0.5) is 5.82 Å². The molecule has 1 aromatic heterocycles. The van der Waals surface area contributed by atoms with Crippen LogP contribution in [0.5, 0.6) is 0 Å². The van der Waals surface area contributed by atoms with Crippen molar-refractivity contribution in [2.45, 2.75) is 57.1 Å². The number of esters is 1. The van der Waals surface area contributed by atoms with Gasteiger partial charge < -0.3 is 20.1 Å². The highest BCUT2D eigenvalue weighted by Crippen LogP contribution is 2.60. The lowest BCUT2D eigenvalue weighted by Crippen LogP contribution is -2.56. The number of nitrogens with one attached hydrogen (secondary N) is 1. The molecule has 8 nitrogen and oxygen atoms in total. The molecule has 1 saturated heterocycles. The van der Waals surface area contributed by atoms with E-state index in [0.29, 0.717) is 28.6 Å². The van der Waals surface area contributed by atoms with Crippen LogP contribution in [0.15, 0.2) is 18.3 Å². The third kappa shape index (κ3) is 4.10. The van der Waals surface area contributed by atoms with Gasteiger partial charge in [0.1, 0.15) is 11.9 Å². The number of hydrogen-bond donors (Lipinski definition) is 2. The summed E-state index contributed by atoms with van der Waals surface area (Å²) in [6.07, 6.45) is 7.11. The molecule has 1 unspecified atom stereocenters. The van der Waals surface area contributed by atoms with Crippen LogP contribution in [0.2, 0.25) is 5.02 Å². The first-order chi connectivity index (χ1) is 15.3. The Labute approximate surface area is 191 Å². The number of aliphatic hydroxyl groups is 1. The van der Waals surface area contributed by atoms with E-state index in [1.165, 1.54) is 30.4 Å². The molecule has 1 aliphatic heterocycles. The van der Waals surface area contributed by atoms with E-state index in [1.54, 1.807) is 12.1 Å². The van der Waals surface area contributed by atoms with Gasteiger partial charge in [-0.25, -0.2) is 9.78 Å². The van der Waals surface area contributed by atoms with E-state index in [4.69, 9.17) is 16.3 Å². The summed E-state index contributed by atoms with van der Waals surface area (Å²) in [5.74, 6) is 0.912. The van der Waals surface area contributed by atoms with Crippen LogP contribution < -0.4 is 5.32 Å². The standard InChI is InChI=1S/C23H28ClN3O5/c24-16-1-2-19(25-10-16)26-20(29)12-32-21(30)18-6-17(28)11-27(18)22(31)23-7-13-3-14(8-23)5-15(4-13)9-23/h1-2,10,13-15,17-18,28H,3-9,11-12H2,(H,25,26,29)/t13?,14?,15?,17?,18-,23?/m0/s1. The van der Waals surface area contributed by atoms with Crippen LogP contribution in [0.25, 0.3) is 0 Å². The Hall–Kier alpha value is -2.19. The zero-order chi connectivity index (χ0) is 22.5. The van der Waals surface area contributed by atoms with Crippen LogP contribution in [-0.2, 0) is 19.1 Å². The minimum Gasteiger partial charge on any atom is -0.454 e. The van der Waals surface area contributed by atoms with Crippen molar-refractivity contribution in [1.82, 2.24) is 9.88 Å². The number of pyridine rings is 1. The van der Waals surface area contributed by atoms with Crippen molar-refractivity contribution in [1.29, 1.82) is 0 Å². The Bertz CT molecular complexity index is 885. The predicted molar refractivity (Wildman–Crippen MR) is 116 cm³/mol. The largest absolute Gasteiger partial charge is 0.454 e. The first kappa shape index (κ1) is 21.6. The number of halogens is 1. The molecular weight excluding hydrogens is 434 g/mol. The van der Waals surface area contributed by atoms with E-state index in [1.807, 2.05) is 0 Å². The molecule has 0 aromatic carbocycles. The number of anilines is 1. The molecule has 2 amide bonds. The lowest BCUT2D eigenvalue weighted by Gasteiger charge is -2.56. The van der Waals surface area contributed by atoms with Gasteiger partial charge in [-0.3, -0.25) is 9.59 Å². The molecule has 9 heteroatoms. The second-order valence-electron chi connectivity index (χ2n) is 10.1. The van der Waals surface area contributed by atoms with Crippen LogP contribution in [0.3, 0.4) is 0 Å². The van der Waals surface area contributed by atoms with Crippen LogP contribution in [-0.4, -0.2) is 58.1 Å². The Kier molecular flexibility index (Phi) is 5.61. The van der Waals surface area contributed by atoms with Crippen molar-refractivity contribution < 1.29 is 24.2 Å². The summed E-state index contributed by atoms with van der Waals surface area (Å²) in [5, 5.41) is 13.2. The number of carbonyl (C=O) groups is 3. The van der Waals surface area contributed by atoms with Gasteiger partial charge in [0, 0.05) is 19.2 Å². The van der Waals surface area contributed by atoms with Gasteiger partial charge in [0.15, 0.2) is 6.61 Å². The van der Waals surface area contributed by atoms with Gasteiger partial charge in [-0.15, -0.1) is 0 Å². The highest BCUT2D eigenvalue weighted by molar-refractivity contribution is 6.30. The Morgan fingerprint density at radius 2 is 1.78 bits per heavy atom. The molecule has 4 bridgehead atoms. The predicted octanol–water partition coefficient (Wildman–Crippen LogP) is 2.39. The Morgan fingerprint density at radius 1 is 1.12 bits per heavy atom. The Morgan fingerprint density at radius 3 is 2.38 bits per heavy atom. The molecule has 4 saturated carbocycles. The van der Waals surface area contributed by atoms with Crippen molar-refractivity contribution in [2.24, 2.45) is 23.2 Å². The summed E-state index contributed by atoms with van der Waals surface area (Å²) in [4.78, 5) is 44.1. The third-order valence-corrected chi connectivity index (χ3v) is 7.87. The summed E-state index contributed by atoms with van der Waals surface area (Å²) in [6, 6.07) is 2.28. The van der Waals surface area contributed by atoms with Gasteiger partial charge in [0.25, 0.3) is 5.91 Å². The summed E-state index contributed by atoms with van der Waals surface area (Å²) in [5.41, 5.74) is -0.394. The maximum absolute atomic E-state index is 13.7.